The number of amides is 2. The van der Waals surface area contributed by atoms with Gasteiger partial charge in [-0.05, 0) is 31.2 Å². The summed E-state index contributed by atoms with van der Waals surface area (Å²) in [7, 11) is 1.40. The third-order valence-corrected chi connectivity index (χ3v) is 6.82. The van der Waals surface area contributed by atoms with Gasteiger partial charge >= 0.3 is 0 Å². The molecule has 0 radical (unpaired) electrons. The second kappa shape index (κ2) is 12.4. The molecular formula is C28H31FN2O8. The predicted octanol–water partition coefficient (Wildman–Crippen LogP) is 1.33. The molecule has 1 aliphatic carbocycles. The van der Waals surface area contributed by atoms with Crippen LogP contribution in [0.4, 0.5) is 4.39 Å². The Morgan fingerprint density at radius 1 is 1.26 bits per heavy atom. The maximum atomic E-state index is 14.6. The molecule has 0 aromatic heterocycles. The van der Waals surface area contributed by atoms with Crippen LogP contribution in [0.2, 0.25) is 0 Å². The molecule has 10 nitrogen and oxygen atoms in total. The lowest BCUT2D eigenvalue weighted by Crippen LogP contribution is -2.56. The third kappa shape index (κ3) is 5.65. The minimum Gasteiger partial charge on any atom is -0.493 e. The molecular weight excluding hydrogens is 511 g/mol. The predicted molar refractivity (Wildman–Crippen MR) is 137 cm³/mol. The van der Waals surface area contributed by atoms with E-state index in [2.05, 4.69) is 5.32 Å². The van der Waals surface area contributed by atoms with Crippen molar-refractivity contribution in [3.05, 3.63) is 70.6 Å². The number of carbonyl (C=O) groups excluding carboxylic acids is 3. The molecule has 4 unspecified atom stereocenters. The largest absolute Gasteiger partial charge is 0.493 e. The molecule has 2 aromatic carbocycles. The molecule has 0 fully saturated rings. The number of hydrogen-bond acceptors (Lipinski definition) is 8. The maximum Gasteiger partial charge on any atom is 0.249 e. The number of ether oxygens (including phenoxy) is 3. The van der Waals surface area contributed by atoms with E-state index < -0.39 is 41.8 Å². The molecule has 1 heterocycles. The summed E-state index contributed by atoms with van der Waals surface area (Å²) in [6.45, 7) is 1.13. The zero-order valence-corrected chi connectivity index (χ0v) is 21.6. The first kappa shape index (κ1) is 28.2. The number of halogens is 1. The molecule has 0 saturated carbocycles. The highest BCUT2D eigenvalue weighted by Gasteiger charge is 2.51. The van der Waals surface area contributed by atoms with Crippen LogP contribution in [0.15, 0.2) is 48.0 Å². The van der Waals surface area contributed by atoms with Gasteiger partial charge in [-0.3, -0.25) is 14.4 Å². The molecule has 4 rings (SSSR count). The van der Waals surface area contributed by atoms with Crippen LogP contribution in [0.1, 0.15) is 34.3 Å². The van der Waals surface area contributed by atoms with Crippen LogP contribution in [0.25, 0.3) is 0 Å². The number of fused-ring (bicyclic) bond motifs is 3. The summed E-state index contributed by atoms with van der Waals surface area (Å²) in [5, 5.41) is 23.5. The monoisotopic (exact) mass is 542 g/mol. The highest BCUT2D eigenvalue weighted by Crippen LogP contribution is 2.51. The van der Waals surface area contributed by atoms with Crippen LogP contribution in [0, 0.1) is 5.82 Å². The Kier molecular flexibility index (Phi) is 8.95. The van der Waals surface area contributed by atoms with Crippen molar-refractivity contribution in [3.8, 4) is 11.5 Å². The van der Waals surface area contributed by atoms with E-state index in [1.54, 1.807) is 19.1 Å². The van der Waals surface area contributed by atoms with Gasteiger partial charge < -0.3 is 34.6 Å². The summed E-state index contributed by atoms with van der Waals surface area (Å²) >= 11 is 0. The summed E-state index contributed by atoms with van der Waals surface area (Å²) in [6.07, 6.45) is -0.292. The normalized spacial score (nSPS) is 21.2. The van der Waals surface area contributed by atoms with Crippen LogP contribution in [0.3, 0.4) is 0 Å². The number of aliphatic hydroxyl groups excluding tert-OH is 2. The number of nitrogens with zero attached hydrogens (tertiary/aromatic N) is 1. The van der Waals surface area contributed by atoms with E-state index in [0.717, 1.165) is 0 Å². The molecule has 39 heavy (non-hydrogen) atoms. The average Bonchev–Trinajstić information content (AvgIpc) is 3.34. The van der Waals surface area contributed by atoms with E-state index in [4.69, 9.17) is 14.2 Å². The Bertz CT molecular complexity index is 1270. The third-order valence-electron chi connectivity index (χ3n) is 6.82. The lowest BCUT2D eigenvalue weighted by molar-refractivity contribution is -0.142. The highest BCUT2D eigenvalue weighted by atomic mass is 19.1. The van der Waals surface area contributed by atoms with Crippen molar-refractivity contribution < 1.29 is 43.2 Å². The van der Waals surface area contributed by atoms with Crippen molar-refractivity contribution in [1.29, 1.82) is 0 Å². The van der Waals surface area contributed by atoms with Crippen LogP contribution in [-0.4, -0.2) is 84.9 Å². The number of nitrogens with one attached hydrogen (secondary N) is 1. The maximum absolute atomic E-state index is 14.6. The van der Waals surface area contributed by atoms with E-state index in [-0.39, 0.29) is 61.1 Å². The first-order chi connectivity index (χ1) is 18.8. The smallest absolute Gasteiger partial charge is 0.249 e. The lowest BCUT2D eigenvalue weighted by Gasteiger charge is -2.40. The zero-order chi connectivity index (χ0) is 28.1. The van der Waals surface area contributed by atoms with Gasteiger partial charge in [0.15, 0.2) is 11.5 Å². The minimum atomic E-state index is -1.35. The van der Waals surface area contributed by atoms with E-state index in [0.29, 0.717) is 11.8 Å². The summed E-state index contributed by atoms with van der Waals surface area (Å²) in [5.74, 6) is -1.90. The van der Waals surface area contributed by atoms with Gasteiger partial charge in [0.2, 0.25) is 11.8 Å². The van der Waals surface area contributed by atoms with Gasteiger partial charge in [0.25, 0.3) is 0 Å². The molecule has 208 valence electrons. The van der Waals surface area contributed by atoms with Crippen LogP contribution in [-0.2, 0) is 20.9 Å². The lowest BCUT2D eigenvalue weighted by atomic mass is 9.77. The Hall–Kier alpha value is -3.80. The molecule has 4 atom stereocenters. The van der Waals surface area contributed by atoms with Crippen LogP contribution in [0.5, 0.6) is 11.5 Å². The Morgan fingerprint density at radius 2 is 2.03 bits per heavy atom. The molecule has 2 aliphatic rings. The van der Waals surface area contributed by atoms with Crippen molar-refractivity contribution in [2.45, 2.75) is 37.6 Å². The Labute approximate surface area is 225 Å². The first-order valence-corrected chi connectivity index (χ1v) is 12.6. The number of rotatable bonds is 11. The van der Waals surface area contributed by atoms with Crippen LogP contribution >= 0.6 is 0 Å². The van der Waals surface area contributed by atoms with Crippen molar-refractivity contribution in [2.75, 3.05) is 33.5 Å². The van der Waals surface area contributed by atoms with Crippen molar-refractivity contribution >= 4 is 18.1 Å². The van der Waals surface area contributed by atoms with Gasteiger partial charge in [-0.1, -0.05) is 18.2 Å². The van der Waals surface area contributed by atoms with Gasteiger partial charge in [0, 0.05) is 42.0 Å². The molecule has 11 heteroatoms. The van der Waals surface area contributed by atoms with Gasteiger partial charge in [-0.25, -0.2) is 4.39 Å². The highest BCUT2D eigenvalue weighted by molar-refractivity contribution is 5.96. The fourth-order valence-electron chi connectivity index (χ4n) is 5.00. The zero-order valence-electron chi connectivity index (χ0n) is 21.6. The Balaban J connectivity index is 1.82. The summed E-state index contributed by atoms with van der Waals surface area (Å²) in [5.41, 5.74) is 1.12. The van der Waals surface area contributed by atoms with Crippen molar-refractivity contribution in [1.82, 2.24) is 10.2 Å². The first-order valence-electron chi connectivity index (χ1n) is 12.6. The number of methoxy groups -OCH3 is 1. The SMILES string of the molecule is CCOCC(=O)N(Cc1ccccc1F)C1C=C(C(=O)NCCO)C2c3cc(C=O)cc(OC)c3OC2C1O. The number of aliphatic hydroxyl groups is 2. The van der Waals surface area contributed by atoms with E-state index in [1.165, 1.54) is 42.4 Å². The molecule has 2 aromatic rings. The molecule has 3 N–H and O–H groups in total. The second-order valence-electron chi connectivity index (χ2n) is 9.15. The molecule has 0 spiro atoms. The van der Waals surface area contributed by atoms with Gasteiger partial charge in [-0.2, -0.15) is 0 Å². The van der Waals surface area contributed by atoms with Crippen LogP contribution < -0.4 is 14.8 Å². The number of carbonyl (C=O) groups is 3. The second-order valence-corrected chi connectivity index (χ2v) is 9.15. The minimum absolute atomic E-state index is 0.0333. The molecule has 0 saturated heterocycles. The fraction of sp³-hybridized carbons (Fsp3) is 0.393. The number of benzene rings is 2. The Morgan fingerprint density at radius 3 is 2.69 bits per heavy atom. The summed E-state index contributed by atoms with van der Waals surface area (Å²) in [4.78, 5) is 39.5. The molecule has 0 bridgehead atoms. The number of hydrogen-bond donors (Lipinski definition) is 3. The molecule has 1 aliphatic heterocycles. The number of aldehydes is 1. The van der Waals surface area contributed by atoms with Crippen molar-refractivity contribution in [3.63, 3.8) is 0 Å². The average molecular weight is 543 g/mol. The fourth-order valence-corrected chi connectivity index (χ4v) is 5.00. The van der Waals surface area contributed by atoms with Gasteiger partial charge in [0.05, 0.1) is 25.7 Å². The van der Waals surface area contributed by atoms with Gasteiger partial charge in [0.1, 0.15) is 30.9 Å². The summed E-state index contributed by atoms with van der Waals surface area (Å²) in [6, 6.07) is 7.91. The standard InChI is InChI=1S/C28H31FN2O8/c1-3-38-15-23(34)31(13-17-6-4-5-7-20(17)29)21-12-19(28(36)30-8-9-32)24-18-10-16(14-33)11-22(37-2)26(18)39-27(24)25(21)35/h4-7,10-12,14,21,24-25,27,32,35H,3,8-9,13,15H2,1-2H3,(H,30,36). The summed E-state index contributed by atoms with van der Waals surface area (Å²) < 4.78 is 31.5. The van der Waals surface area contributed by atoms with Crippen molar-refractivity contribution in [2.24, 2.45) is 0 Å². The topological polar surface area (TPSA) is 135 Å². The quantitative estimate of drug-likeness (QED) is 0.362. The van der Waals surface area contributed by atoms with E-state index in [1.807, 2.05) is 0 Å². The van der Waals surface area contributed by atoms with E-state index >= 15 is 0 Å². The van der Waals surface area contributed by atoms with E-state index in [9.17, 15) is 29.0 Å². The molecule has 2 amide bonds. The van der Waals surface area contributed by atoms with Gasteiger partial charge in [-0.15, -0.1) is 0 Å².